The Morgan fingerprint density at radius 3 is 2.64 bits per heavy atom. The quantitative estimate of drug-likeness (QED) is 0.442. The molecule has 0 saturated heterocycles. The molecule has 1 aromatic heterocycles. The van der Waals surface area contributed by atoms with Crippen LogP contribution in [0.25, 0.3) is 22.4 Å². The van der Waals surface area contributed by atoms with E-state index >= 15 is 0 Å². The standard InChI is InChI=1S/C18H10NO.Ir.Y/c1-2-6-13(7-3-1)16-10-11-19-17-15-9-5-4-8-14(15)12-20-18(16)17;;/h1-6,8,11H,12H2;;/q-3;;. The van der Waals surface area contributed by atoms with Crippen molar-refractivity contribution in [3.8, 4) is 28.1 Å². The van der Waals surface area contributed by atoms with E-state index in [1.807, 2.05) is 42.5 Å². The summed E-state index contributed by atoms with van der Waals surface area (Å²) in [7, 11) is 0. The van der Waals surface area contributed by atoms with Gasteiger partial charge in [-0.1, -0.05) is 11.8 Å². The maximum Gasteiger partial charge on any atom is 0.0614 e. The van der Waals surface area contributed by atoms with Gasteiger partial charge in [0.05, 0.1) is 6.61 Å². The molecule has 0 bridgehead atoms. The summed E-state index contributed by atoms with van der Waals surface area (Å²) in [6.07, 6.45) is 1.69. The summed E-state index contributed by atoms with van der Waals surface area (Å²) in [6.45, 7) is 0.541. The Bertz CT molecular complexity index is 763. The largest absolute Gasteiger partial charge is 0.572 e. The van der Waals surface area contributed by atoms with Crippen LogP contribution in [0.4, 0.5) is 0 Å². The Kier molecular flexibility index (Phi) is 6.05. The zero-order valence-electron chi connectivity index (χ0n) is 11.6. The molecule has 0 N–H and O–H groups in total. The van der Waals surface area contributed by atoms with E-state index < -0.39 is 0 Å². The summed E-state index contributed by atoms with van der Waals surface area (Å²) in [5.41, 5.74) is 4.82. The van der Waals surface area contributed by atoms with Crippen LogP contribution in [0.2, 0.25) is 0 Å². The van der Waals surface area contributed by atoms with Crippen LogP contribution in [0.3, 0.4) is 0 Å². The van der Waals surface area contributed by atoms with E-state index in [1.54, 1.807) is 6.20 Å². The SMILES string of the molecule is [Ir].[Y].[c-]1ccccc1-c1[c-]cnc2c1OCc1ccc[c-]c1-2. The second-order valence-electron chi connectivity index (χ2n) is 4.59. The Morgan fingerprint density at radius 1 is 0.955 bits per heavy atom. The van der Waals surface area contributed by atoms with Crippen molar-refractivity contribution in [3.05, 3.63) is 72.4 Å². The van der Waals surface area contributed by atoms with Crippen LogP contribution >= 0.6 is 0 Å². The first kappa shape index (κ1) is 17.5. The molecule has 1 aliphatic heterocycles. The molecule has 0 spiro atoms. The van der Waals surface area contributed by atoms with Gasteiger partial charge in [0.1, 0.15) is 0 Å². The molecule has 4 rings (SSSR count). The van der Waals surface area contributed by atoms with Gasteiger partial charge >= 0.3 is 0 Å². The van der Waals surface area contributed by atoms with Gasteiger partial charge in [0.25, 0.3) is 0 Å². The predicted molar refractivity (Wildman–Crippen MR) is 75.9 cm³/mol. The van der Waals surface area contributed by atoms with E-state index in [4.69, 9.17) is 4.74 Å². The van der Waals surface area contributed by atoms with E-state index in [9.17, 15) is 0 Å². The molecule has 1 aliphatic rings. The van der Waals surface area contributed by atoms with Crippen molar-refractivity contribution in [1.29, 1.82) is 0 Å². The average Bonchev–Trinajstić information content (AvgIpc) is 2.55. The Hall–Kier alpha value is -0.857. The third kappa shape index (κ3) is 3.09. The van der Waals surface area contributed by atoms with Crippen molar-refractivity contribution >= 4 is 0 Å². The summed E-state index contributed by atoms with van der Waals surface area (Å²) < 4.78 is 5.90. The predicted octanol–water partition coefficient (Wildman–Crippen LogP) is 3.70. The van der Waals surface area contributed by atoms with E-state index in [0.717, 1.165) is 33.7 Å². The molecule has 4 heteroatoms. The van der Waals surface area contributed by atoms with E-state index in [-0.39, 0.29) is 52.8 Å². The number of aromatic nitrogens is 1. The first-order valence-electron chi connectivity index (χ1n) is 6.44. The summed E-state index contributed by atoms with van der Waals surface area (Å²) in [5.74, 6) is 0.768. The number of benzene rings is 2. The van der Waals surface area contributed by atoms with Crippen LogP contribution < -0.4 is 4.74 Å². The van der Waals surface area contributed by atoms with Gasteiger partial charge in [0, 0.05) is 52.8 Å². The molecule has 3 aromatic rings. The van der Waals surface area contributed by atoms with E-state index in [1.165, 1.54) is 0 Å². The molecule has 2 nitrogen and oxygen atoms in total. The summed E-state index contributed by atoms with van der Waals surface area (Å²) in [5, 5.41) is 0. The topological polar surface area (TPSA) is 22.1 Å². The number of rotatable bonds is 1. The van der Waals surface area contributed by atoms with E-state index in [2.05, 4.69) is 23.2 Å². The fourth-order valence-electron chi connectivity index (χ4n) is 2.43. The fourth-order valence-corrected chi connectivity index (χ4v) is 2.43. The Labute approximate surface area is 168 Å². The van der Waals surface area contributed by atoms with Gasteiger partial charge in [-0.2, -0.15) is 12.1 Å². The molecule has 108 valence electrons. The molecule has 0 amide bonds. The normalized spacial score (nSPS) is 11.1. The average molecular weight is 537 g/mol. The van der Waals surface area contributed by atoms with Gasteiger partial charge in [-0.15, -0.1) is 35.9 Å². The van der Waals surface area contributed by atoms with Crippen LogP contribution in [0, 0.1) is 18.2 Å². The second-order valence-corrected chi connectivity index (χ2v) is 4.59. The Morgan fingerprint density at radius 2 is 1.82 bits per heavy atom. The Balaban J connectivity index is 0.000000882. The molecular weight excluding hydrogens is 527 g/mol. The summed E-state index contributed by atoms with van der Waals surface area (Å²) in [6, 6.07) is 23.4. The van der Waals surface area contributed by atoms with Crippen molar-refractivity contribution in [2.24, 2.45) is 0 Å². The minimum Gasteiger partial charge on any atom is -0.572 e. The summed E-state index contributed by atoms with van der Waals surface area (Å²) >= 11 is 0. The van der Waals surface area contributed by atoms with Crippen LogP contribution in [0.1, 0.15) is 5.56 Å². The van der Waals surface area contributed by atoms with Gasteiger partial charge in [0.2, 0.25) is 0 Å². The molecule has 2 radical (unpaired) electrons. The monoisotopic (exact) mass is 538 g/mol. The smallest absolute Gasteiger partial charge is 0.0614 e. The first-order chi connectivity index (χ1) is 9.93. The van der Waals surface area contributed by atoms with Crippen molar-refractivity contribution in [1.82, 2.24) is 4.98 Å². The van der Waals surface area contributed by atoms with Crippen molar-refractivity contribution in [2.45, 2.75) is 6.61 Å². The maximum absolute atomic E-state index is 5.90. The molecule has 0 fully saturated rings. The minimum atomic E-state index is 0. The van der Waals surface area contributed by atoms with Gasteiger partial charge in [-0.25, -0.2) is 23.8 Å². The zero-order valence-corrected chi connectivity index (χ0v) is 16.8. The second kappa shape index (κ2) is 7.61. The summed E-state index contributed by atoms with van der Waals surface area (Å²) in [4.78, 5) is 4.42. The van der Waals surface area contributed by atoms with Crippen molar-refractivity contribution in [2.75, 3.05) is 0 Å². The van der Waals surface area contributed by atoms with Gasteiger partial charge in [-0.05, 0) is 11.4 Å². The van der Waals surface area contributed by atoms with Crippen LogP contribution in [0.5, 0.6) is 5.75 Å². The number of hydrogen-bond donors (Lipinski definition) is 0. The van der Waals surface area contributed by atoms with Crippen LogP contribution in [-0.4, -0.2) is 4.98 Å². The first-order valence-corrected chi connectivity index (χ1v) is 6.44. The molecule has 22 heavy (non-hydrogen) atoms. The fraction of sp³-hybridized carbons (Fsp3) is 0.0556. The van der Waals surface area contributed by atoms with Gasteiger partial charge < -0.3 is 9.72 Å². The molecule has 0 aliphatic carbocycles. The van der Waals surface area contributed by atoms with Gasteiger partial charge in [0.15, 0.2) is 0 Å². The van der Waals surface area contributed by atoms with Crippen molar-refractivity contribution < 1.29 is 57.6 Å². The molecular formula is C18H10IrNOY-3. The minimum absolute atomic E-state index is 0. The number of hydrogen-bond acceptors (Lipinski definition) is 2. The molecule has 0 atom stereocenters. The molecule has 2 aromatic carbocycles. The zero-order chi connectivity index (χ0) is 13.4. The third-order valence-corrected chi connectivity index (χ3v) is 3.37. The van der Waals surface area contributed by atoms with Crippen molar-refractivity contribution in [3.63, 3.8) is 0 Å². The number of nitrogens with zero attached hydrogens (tertiary/aromatic N) is 1. The van der Waals surface area contributed by atoms with Gasteiger partial charge in [-0.3, -0.25) is 5.56 Å². The van der Waals surface area contributed by atoms with Crippen LogP contribution in [0.15, 0.2) is 48.7 Å². The molecule has 0 saturated carbocycles. The third-order valence-electron chi connectivity index (χ3n) is 3.37. The molecule has 2 heterocycles. The number of pyridine rings is 1. The molecule has 0 unspecified atom stereocenters. The number of fused-ring (bicyclic) bond motifs is 3. The number of ether oxygens (including phenoxy) is 1. The van der Waals surface area contributed by atoms with E-state index in [0.29, 0.717) is 6.61 Å². The van der Waals surface area contributed by atoms with Crippen LogP contribution in [-0.2, 0) is 59.4 Å². The maximum atomic E-state index is 5.90.